The first-order valence-corrected chi connectivity index (χ1v) is 12.4. The molecule has 1 saturated carbocycles. The number of alkyl halides is 3. The maximum Gasteiger partial charge on any atom is 0.416 e. The van der Waals surface area contributed by atoms with Crippen molar-refractivity contribution >= 4 is 17.7 Å². The second-order valence-corrected chi connectivity index (χ2v) is 11.0. The van der Waals surface area contributed by atoms with E-state index in [9.17, 15) is 18.0 Å². The standard InChI is InChI=1S/C27H33F3N6O/c1-17-14-32-24(34-22(17)31)36(23(37)20-15-33-35-21(20)25(2,3)4)16-26(12-6-5-7-13-26)18-8-10-19(11-9-18)27(28,29)30/h8-11,14-15H,5-7,12-13,16H2,1-4H3,(H,33,35)(H2,31,32,34). The Bertz CT molecular complexity index is 1250. The highest BCUT2D eigenvalue weighted by atomic mass is 19.4. The summed E-state index contributed by atoms with van der Waals surface area (Å²) in [6, 6.07) is 5.32. The fourth-order valence-corrected chi connectivity index (χ4v) is 5.06. The van der Waals surface area contributed by atoms with Gasteiger partial charge in [0.1, 0.15) is 5.82 Å². The lowest BCUT2D eigenvalue weighted by molar-refractivity contribution is -0.137. The zero-order chi connectivity index (χ0) is 27.0. The van der Waals surface area contributed by atoms with E-state index in [1.54, 1.807) is 25.3 Å². The molecule has 7 nitrogen and oxygen atoms in total. The number of nitrogens with one attached hydrogen (secondary N) is 1. The summed E-state index contributed by atoms with van der Waals surface area (Å²) in [5.74, 6) is 0.0862. The van der Waals surface area contributed by atoms with Crippen LogP contribution in [0.3, 0.4) is 0 Å². The number of hydrogen-bond donors (Lipinski definition) is 2. The van der Waals surface area contributed by atoms with Gasteiger partial charge in [-0.05, 0) is 37.5 Å². The van der Waals surface area contributed by atoms with Crippen molar-refractivity contribution in [2.45, 2.75) is 76.8 Å². The molecule has 1 aliphatic rings. The number of benzene rings is 1. The van der Waals surface area contributed by atoms with Crippen LogP contribution < -0.4 is 10.6 Å². The third-order valence-corrected chi connectivity index (χ3v) is 7.20. The highest BCUT2D eigenvalue weighted by Gasteiger charge is 2.40. The number of nitrogens with zero attached hydrogens (tertiary/aromatic N) is 4. The van der Waals surface area contributed by atoms with Gasteiger partial charge in [-0.2, -0.15) is 23.3 Å². The summed E-state index contributed by atoms with van der Waals surface area (Å²) in [4.78, 5) is 24.5. The molecule has 3 aromatic rings. The van der Waals surface area contributed by atoms with Gasteiger partial charge in [0, 0.05) is 29.1 Å². The lowest BCUT2D eigenvalue weighted by Gasteiger charge is -2.41. The minimum Gasteiger partial charge on any atom is -0.383 e. The fourth-order valence-electron chi connectivity index (χ4n) is 5.06. The summed E-state index contributed by atoms with van der Waals surface area (Å²) in [5, 5.41) is 7.08. The molecule has 1 amide bonds. The fraction of sp³-hybridized carbons (Fsp3) is 0.481. The van der Waals surface area contributed by atoms with Gasteiger partial charge in [-0.3, -0.25) is 14.8 Å². The van der Waals surface area contributed by atoms with Crippen LogP contribution in [0.2, 0.25) is 0 Å². The van der Waals surface area contributed by atoms with Crippen LogP contribution in [0, 0.1) is 6.92 Å². The number of hydrogen-bond acceptors (Lipinski definition) is 5. The molecule has 10 heteroatoms. The number of aryl methyl sites for hydroxylation is 1. The van der Waals surface area contributed by atoms with Gasteiger partial charge in [-0.15, -0.1) is 0 Å². The molecule has 4 rings (SSSR count). The van der Waals surface area contributed by atoms with Crippen LogP contribution in [-0.4, -0.2) is 32.6 Å². The average molecular weight is 515 g/mol. The largest absolute Gasteiger partial charge is 0.416 e. The second kappa shape index (κ2) is 9.79. The van der Waals surface area contributed by atoms with Crippen LogP contribution >= 0.6 is 0 Å². The van der Waals surface area contributed by atoms with Crippen LogP contribution in [0.4, 0.5) is 24.9 Å². The summed E-state index contributed by atoms with van der Waals surface area (Å²) < 4.78 is 39.8. The summed E-state index contributed by atoms with van der Waals surface area (Å²) in [5.41, 5.74) is 6.98. The van der Waals surface area contributed by atoms with Gasteiger partial charge in [-0.1, -0.05) is 52.2 Å². The number of anilines is 2. The second-order valence-electron chi connectivity index (χ2n) is 11.0. The molecule has 1 aliphatic carbocycles. The van der Waals surface area contributed by atoms with E-state index in [0.717, 1.165) is 49.8 Å². The van der Waals surface area contributed by atoms with Crippen molar-refractivity contribution in [3.05, 3.63) is 64.6 Å². The third-order valence-electron chi connectivity index (χ3n) is 7.20. The van der Waals surface area contributed by atoms with Gasteiger partial charge < -0.3 is 5.73 Å². The monoisotopic (exact) mass is 514 g/mol. The van der Waals surface area contributed by atoms with Crippen molar-refractivity contribution in [1.29, 1.82) is 0 Å². The number of amides is 1. The Kier molecular flexibility index (Phi) is 7.05. The van der Waals surface area contributed by atoms with E-state index >= 15 is 0 Å². The first-order valence-electron chi connectivity index (χ1n) is 12.4. The molecule has 37 heavy (non-hydrogen) atoms. The number of nitrogens with two attached hydrogens (primary N) is 1. The van der Waals surface area contributed by atoms with Gasteiger partial charge >= 0.3 is 6.18 Å². The summed E-state index contributed by atoms with van der Waals surface area (Å²) in [7, 11) is 0. The van der Waals surface area contributed by atoms with Crippen LogP contribution in [0.5, 0.6) is 0 Å². The predicted octanol–water partition coefficient (Wildman–Crippen LogP) is 5.96. The zero-order valence-electron chi connectivity index (χ0n) is 21.6. The third kappa shape index (κ3) is 5.47. The molecule has 0 spiro atoms. The van der Waals surface area contributed by atoms with Crippen molar-refractivity contribution in [3.63, 3.8) is 0 Å². The molecule has 1 fully saturated rings. The normalized spacial score (nSPS) is 16.0. The lowest BCUT2D eigenvalue weighted by atomic mass is 9.69. The maximum atomic E-state index is 14.1. The molecule has 198 valence electrons. The van der Waals surface area contributed by atoms with E-state index in [1.807, 2.05) is 20.8 Å². The number of rotatable bonds is 5. The minimum absolute atomic E-state index is 0.158. The Morgan fingerprint density at radius 3 is 2.30 bits per heavy atom. The highest BCUT2D eigenvalue weighted by molar-refractivity contribution is 6.06. The van der Waals surface area contributed by atoms with E-state index in [0.29, 0.717) is 16.8 Å². The zero-order valence-corrected chi connectivity index (χ0v) is 21.6. The number of carbonyl (C=O) groups is 1. The van der Waals surface area contributed by atoms with Gasteiger partial charge in [0.25, 0.3) is 5.91 Å². The molecule has 1 aromatic carbocycles. The Morgan fingerprint density at radius 2 is 1.73 bits per heavy atom. The average Bonchev–Trinajstić information content (AvgIpc) is 3.35. The topological polar surface area (TPSA) is 101 Å². The molecule has 0 bridgehead atoms. The molecule has 2 heterocycles. The summed E-state index contributed by atoms with van der Waals surface area (Å²) >= 11 is 0. The van der Waals surface area contributed by atoms with Crippen LogP contribution in [0.1, 0.15) is 85.6 Å². The Labute approximate surface area is 214 Å². The quantitative estimate of drug-likeness (QED) is 0.438. The molecule has 0 radical (unpaired) electrons. The first-order chi connectivity index (χ1) is 17.3. The summed E-state index contributed by atoms with van der Waals surface area (Å²) in [6.45, 7) is 7.92. The predicted molar refractivity (Wildman–Crippen MR) is 136 cm³/mol. The Balaban J connectivity index is 1.81. The molecular weight excluding hydrogens is 481 g/mol. The number of aromatic amines is 1. The number of H-pyrrole nitrogens is 1. The van der Waals surface area contributed by atoms with Crippen molar-refractivity contribution in [2.75, 3.05) is 17.2 Å². The van der Waals surface area contributed by atoms with Gasteiger partial charge in [-0.25, -0.2) is 4.98 Å². The molecule has 0 atom stereocenters. The van der Waals surface area contributed by atoms with Crippen molar-refractivity contribution in [1.82, 2.24) is 20.2 Å². The molecule has 0 saturated heterocycles. The van der Waals surface area contributed by atoms with E-state index in [2.05, 4.69) is 20.2 Å². The number of nitrogen functional groups attached to an aromatic ring is 1. The van der Waals surface area contributed by atoms with Crippen molar-refractivity contribution < 1.29 is 18.0 Å². The van der Waals surface area contributed by atoms with Gasteiger partial charge in [0.15, 0.2) is 0 Å². The number of carbonyl (C=O) groups excluding carboxylic acids is 1. The maximum absolute atomic E-state index is 14.1. The van der Waals surface area contributed by atoms with Crippen LogP contribution in [0.15, 0.2) is 36.7 Å². The minimum atomic E-state index is -4.42. The number of aromatic nitrogens is 4. The Morgan fingerprint density at radius 1 is 1.08 bits per heavy atom. The SMILES string of the molecule is Cc1cnc(N(CC2(c3ccc(C(F)(F)F)cc3)CCCCC2)C(=O)c2cn[nH]c2C(C)(C)C)nc1N. The molecular formula is C27H33F3N6O. The van der Waals surface area contributed by atoms with E-state index in [1.165, 1.54) is 11.1 Å². The first kappa shape index (κ1) is 26.6. The smallest absolute Gasteiger partial charge is 0.383 e. The van der Waals surface area contributed by atoms with E-state index in [4.69, 9.17) is 5.73 Å². The molecule has 3 N–H and O–H groups in total. The molecule has 0 unspecified atom stereocenters. The van der Waals surface area contributed by atoms with Gasteiger partial charge in [0.2, 0.25) is 5.95 Å². The summed E-state index contributed by atoms with van der Waals surface area (Å²) in [6.07, 6.45) is 2.93. The number of halogens is 3. The van der Waals surface area contributed by atoms with Crippen LogP contribution in [0.25, 0.3) is 0 Å². The molecule has 2 aromatic heterocycles. The van der Waals surface area contributed by atoms with E-state index < -0.39 is 17.2 Å². The van der Waals surface area contributed by atoms with Crippen molar-refractivity contribution in [3.8, 4) is 0 Å². The van der Waals surface area contributed by atoms with E-state index in [-0.39, 0.29) is 29.6 Å². The van der Waals surface area contributed by atoms with Gasteiger partial charge in [0.05, 0.1) is 23.0 Å². The van der Waals surface area contributed by atoms with Crippen molar-refractivity contribution in [2.24, 2.45) is 0 Å². The highest BCUT2D eigenvalue weighted by Crippen LogP contribution is 2.42. The molecule has 0 aliphatic heterocycles. The Hall–Kier alpha value is -3.43. The van der Waals surface area contributed by atoms with Crippen LogP contribution in [-0.2, 0) is 17.0 Å². The lowest BCUT2D eigenvalue weighted by Crippen LogP contribution is -2.46.